The molecule has 22 heavy (non-hydrogen) atoms. The molecule has 0 radical (unpaired) electrons. The molecule has 0 saturated heterocycles. The molecule has 1 aromatic carbocycles. The summed E-state index contributed by atoms with van der Waals surface area (Å²) in [5.41, 5.74) is 3.30. The van der Waals surface area contributed by atoms with Crippen LogP contribution in [0.2, 0.25) is 0 Å². The molecule has 0 fully saturated rings. The maximum Gasteiger partial charge on any atom is 0.234 e. The number of benzene rings is 1. The van der Waals surface area contributed by atoms with Crippen LogP contribution in [0.15, 0.2) is 18.2 Å². The van der Waals surface area contributed by atoms with E-state index in [2.05, 4.69) is 50.4 Å². The Hall–Kier alpha value is -2.28. The van der Waals surface area contributed by atoms with Crippen molar-refractivity contribution in [3.8, 4) is 0 Å². The lowest BCUT2D eigenvalue weighted by Gasteiger charge is -1.97. The lowest BCUT2D eigenvalue weighted by atomic mass is 10.1. The van der Waals surface area contributed by atoms with E-state index in [1.54, 1.807) is 11.3 Å². The SMILES string of the molecule is CCCc1nnc2sc(Cc3ccc4nc(C)[nH]c4c3)nn12. The second-order valence-electron chi connectivity index (χ2n) is 5.41. The molecular formula is C15H16N6S. The van der Waals surface area contributed by atoms with Gasteiger partial charge in [0.05, 0.1) is 11.0 Å². The molecule has 0 bridgehead atoms. The number of rotatable bonds is 4. The minimum atomic E-state index is 0.799. The van der Waals surface area contributed by atoms with E-state index >= 15 is 0 Å². The molecule has 0 unspecified atom stereocenters. The first-order valence-corrected chi connectivity index (χ1v) is 8.20. The van der Waals surface area contributed by atoms with Crippen LogP contribution in [0.3, 0.4) is 0 Å². The van der Waals surface area contributed by atoms with Crippen molar-refractivity contribution in [1.29, 1.82) is 0 Å². The van der Waals surface area contributed by atoms with Gasteiger partial charge >= 0.3 is 0 Å². The molecule has 0 spiro atoms. The van der Waals surface area contributed by atoms with Gasteiger partial charge in [0.15, 0.2) is 5.82 Å². The third-order valence-corrected chi connectivity index (χ3v) is 4.49. The quantitative estimate of drug-likeness (QED) is 0.629. The molecule has 0 atom stereocenters. The van der Waals surface area contributed by atoms with Gasteiger partial charge in [-0.1, -0.05) is 24.3 Å². The highest BCUT2D eigenvalue weighted by Gasteiger charge is 2.11. The largest absolute Gasteiger partial charge is 0.342 e. The summed E-state index contributed by atoms with van der Waals surface area (Å²) in [6.07, 6.45) is 2.75. The van der Waals surface area contributed by atoms with Gasteiger partial charge in [0, 0.05) is 12.8 Å². The van der Waals surface area contributed by atoms with E-state index in [-0.39, 0.29) is 0 Å². The Morgan fingerprint density at radius 2 is 2.18 bits per heavy atom. The van der Waals surface area contributed by atoms with Crippen LogP contribution in [-0.4, -0.2) is 29.8 Å². The first kappa shape index (κ1) is 13.4. The number of H-pyrrole nitrogens is 1. The highest BCUT2D eigenvalue weighted by molar-refractivity contribution is 7.16. The Labute approximate surface area is 131 Å². The highest BCUT2D eigenvalue weighted by atomic mass is 32.1. The number of aromatic amines is 1. The van der Waals surface area contributed by atoms with Crippen LogP contribution in [0.4, 0.5) is 0 Å². The minimum absolute atomic E-state index is 0.799. The summed E-state index contributed by atoms with van der Waals surface area (Å²) >= 11 is 1.60. The van der Waals surface area contributed by atoms with Crippen molar-refractivity contribution in [2.24, 2.45) is 0 Å². The molecule has 3 heterocycles. The van der Waals surface area contributed by atoms with Crippen molar-refractivity contribution >= 4 is 27.3 Å². The average Bonchev–Trinajstić information content (AvgIpc) is 3.14. The van der Waals surface area contributed by atoms with E-state index in [4.69, 9.17) is 0 Å². The Kier molecular flexibility index (Phi) is 3.15. The maximum atomic E-state index is 4.66. The standard InChI is InChI=1S/C15H16N6S/c1-3-4-13-18-19-15-21(13)20-14(22-15)8-10-5-6-11-12(7-10)17-9(2)16-11/h5-7H,3-4,8H2,1-2H3,(H,16,17). The number of hydrogen-bond acceptors (Lipinski definition) is 5. The second kappa shape index (κ2) is 5.17. The van der Waals surface area contributed by atoms with E-state index in [1.807, 2.05) is 11.4 Å². The molecule has 0 aliphatic rings. The predicted octanol–water partition coefficient (Wildman–Crippen LogP) is 2.91. The van der Waals surface area contributed by atoms with Crippen molar-refractivity contribution in [3.63, 3.8) is 0 Å². The molecule has 6 nitrogen and oxygen atoms in total. The van der Waals surface area contributed by atoms with Crippen molar-refractivity contribution in [3.05, 3.63) is 40.4 Å². The van der Waals surface area contributed by atoms with Crippen LogP contribution in [0.5, 0.6) is 0 Å². The van der Waals surface area contributed by atoms with Gasteiger partial charge in [-0.15, -0.1) is 10.2 Å². The van der Waals surface area contributed by atoms with Gasteiger partial charge in [-0.05, 0) is 31.0 Å². The van der Waals surface area contributed by atoms with E-state index < -0.39 is 0 Å². The van der Waals surface area contributed by atoms with Gasteiger partial charge < -0.3 is 4.98 Å². The molecular weight excluding hydrogens is 296 g/mol. The van der Waals surface area contributed by atoms with Crippen molar-refractivity contribution < 1.29 is 0 Å². The lowest BCUT2D eigenvalue weighted by molar-refractivity contribution is 0.767. The Bertz CT molecular complexity index is 948. The molecule has 112 valence electrons. The molecule has 4 rings (SSSR count). The Morgan fingerprint density at radius 3 is 3.05 bits per heavy atom. The first-order chi connectivity index (χ1) is 10.7. The molecule has 4 aromatic rings. The van der Waals surface area contributed by atoms with Crippen LogP contribution in [0.1, 0.15) is 35.6 Å². The highest BCUT2D eigenvalue weighted by Crippen LogP contribution is 2.20. The summed E-state index contributed by atoms with van der Waals surface area (Å²) in [5, 5.41) is 14.1. The number of nitrogens with zero attached hydrogens (tertiary/aromatic N) is 5. The zero-order valence-corrected chi connectivity index (χ0v) is 13.3. The van der Waals surface area contributed by atoms with Crippen LogP contribution < -0.4 is 0 Å². The number of fused-ring (bicyclic) bond motifs is 2. The van der Waals surface area contributed by atoms with Gasteiger partial charge in [0.1, 0.15) is 10.8 Å². The summed E-state index contributed by atoms with van der Waals surface area (Å²) in [5.74, 6) is 1.88. The number of imidazole rings is 1. The zero-order chi connectivity index (χ0) is 15.1. The summed E-state index contributed by atoms with van der Waals surface area (Å²) in [7, 11) is 0. The van der Waals surface area contributed by atoms with Gasteiger partial charge in [-0.25, -0.2) is 4.98 Å². The van der Waals surface area contributed by atoms with Gasteiger partial charge in [0.25, 0.3) is 0 Å². The normalized spacial score (nSPS) is 11.7. The third kappa shape index (κ3) is 2.27. The number of aromatic nitrogens is 6. The monoisotopic (exact) mass is 312 g/mol. The zero-order valence-electron chi connectivity index (χ0n) is 12.5. The summed E-state index contributed by atoms with van der Waals surface area (Å²) < 4.78 is 1.88. The molecule has 1 N–H and O–H groups in total. The van der Waals surface area contributed by atoms with Crippen LogP contribution in [0, 0.1) is 6.92 Å². The summed E-state index contributed by atoms with van der Waals surface area (Å²) in [6.45, 7) is 4.10. The second-order valence-corrected chi connectivity index (χ2v) is 6.45. The fourth-order valence-corrected chi connectivity index (χ4v) is 3.50. The topological polar surface area (TPSA) is 71.8 Å². The van der Waals surface area contributed by atoms with Crippen LogP contribution in [-0.2, 0) is 12.8 Å². The number of nitrogens with one attached hydrogen (secondary N) is 1. The summed E-state index contributed by atoms with van der Waals surface area (Å²) in [4.78, 5) is 8.58. The Morgan fingerprint density at radius 1 is 1.27 bits per heavy atom. The van der Waals surface area contributed by atoms with Crippen molar-refractivity contribution in [2.75, 3.05) is 0 Å². The molecule has 0 aliphatic heterocycles. The molecule has 7 heteroatoms. The van der Waals surface area contributed by atoms with E-state index in [0.717, 1.165) is 51.9 Å². The van der Waals surface area contributed by atoms with Crippen molar-refractivity contribution in [1.82, 2.24) is 29.8 Å². The van der Waals surface area contributed by atoms with E-state index in [9.17, 15) is 0 Å². The van der Waals surface area contributed by atoms with Gasteiger partial charge in [-0.2, -0.15) is 9.61 Å². The van der Waals surface area contributed by atoms with Gasteiger partial charge in [-0.3, -0.25) is 0 Å². The molecule has 0 amide bonds. The first-order valence-electron chi connectivity index (χ1n) is 7.38. The fourth-order valence-electron chi connectivity index (χ4n) is 2.62. The van der Waals surface area contributed by atoms with Crippen molar-refractivity contribution in [2.45, 2.75) is 33.1 Å². The fraction of sp³-hybridized carbons (Fsp3) is 0.333. The Balaban J connectivity index is 1.66. The summed E-state index contributed by atoms with van der Waals surface area (Å²) in [6, 6.07) is 6.31. The third-order valence-electron chi connectivity index (χ3n) is 3.59. The smallest absolute Gasteiger partial charge is 0.234 e. The maximum absolute atomic E-state index is 4.66. The lowest BCUT2D eigenvalue weighted by Crippen LogP contribution is -1.96. The molecule has 0 aliphatic carbocycles. The van der Waals surface area contributed by atoms with Crippen LogP contribution >= 0.6 is 11.3 Å². The molecule has 0 saturated carbocycles. The molecule has 3 aromatic heterocycles. The van der Waals surface area contributed by atoms with Crippen LogP contribution in [0.25, 0.3) is 16.0 Å². The average molecular weight is 312 g/mol. The minimum Gasteiger partial charge on any atom is -0.342 e. The number of aryl methyl sites for hydroxylation is 2. The van der Waals surface area contributed by atoms with Gasteiger partial charge in [0.2, 0.25) is 4.96 Å². The number of hydrogen-bond donors (Lipinski definition) is 1. The predicted molar refractivity (Wildman–Crippen MR) is 86.3 cm³/mol. The van der Waals surface area contributed by atoms with E-state index in [0.29, 0.717) is 0 Å². The van der Waals surface area contributed by atoms with E-state index in [1.165, 1.54) is 5.56 Å².